The summed E-state index contributed by atoms with van der Waals surface area (Å²) in [5.41, 5.74) is 3.32. The molecule has 28 heavy (non-hydrogen) atoms. The zero-order valence-electron chi connectivity index (χ0n) is 15.3. The Morgan fingerprint density at radius 2 is 1.79 bits per heavy atom. The van der Waals surface area contributed by atoms with E-state index in [1.165, 1.54) is 17.8 Å². The molecule has 2 aromatic carbocycles. The number of carbonyl (C=O) groups is 1. The summed E-state index contributed by atoms with van der Waals surface area (Å²) >= 11 is 1.25. The zero-order valence-corrected chi connectivity index (χ0v) is 16.1. The number of hydrogen-bond donors (Lipinski definition) is 1. The monoisotopic (exact) mass is 392 g/mol. The number of halogens is 1. The van der Waals surface area contributed by atoms with Crippen LogP contribution >= 0.6 is 11.8 Å². The van der Waals surface area contributed by atoms with Crippen LogP contribution in [0.3, 0.4) is 0 Å². The van der Waals surface area contributed by atoms with Crippen molar-refractivity contribution in [3.05, 3.63) is 82.2 Å². The molecule has 140 valence electrons. The van der Waals surface area contributed by atoms with E-state index in [0.717, 1.165) is 16.8 Å². The summed E-state index contributed by atoms with van der Waals surface area (Å²) in [5, 5.41) is 3.30. The molecule has 2 heterocycles. The number of amidine groups is 1. The predicted molar refractivity (Wildman–Crippen MR) is 111 cm³/mol. The quantitative estimate of drug-likeness (QED) is 0.591. The van der Waals surface area contributed by atoms with Crippen LogP contribution in [0, 0.1) is 19.7 Å². The van der Waals surface area contributed by atoms with E-state index in [2.05, 4.69) is 10.3 Å². The molecule has 0 unspecified atom stereocenters. The molecule has 6 heteroatoms. The molecule has 1 N–H and O–H groups in total. The normalized spacial score (nSPS) is 16.8. The second kappa shape index (κ2) is 7.48. The van der Waals surface area contributed by atoms with Gasteiger partial charge in [0.1, 0.15) is 17.3 Å². The van der Waals surface area contributed by atoms with Crippen molar-refractivity contribution in [3.63, 3.8) is 0 Å². The van der Waals surface area contributed by atoms with Gasteiger partial charge in [0.2, 0.25) is 0 Å². The van der Waals surface area contributed by atoms with Crippen LogP contribution in [-0.4, -0.2) is 11.1 Å². The van der Waals surface area contributed by atoms with Gasteiger partial charge < -0.3 is 9.73 Å². The maximum Gasteiger partial charge on any atom is 0.264 e. The maximum absolute atomic E-state index is 13.9. The van der Waals surface area contributed by atoms with Crippen LogP contribution in [0.15, 0.2) is 68.9 Å². The van der Waals surface area contributed by atoms with Gasteiger partial charge in [0.25, 0.3) is 5.91 Å². The minimum Gasteiger partial charge on any atom is -0.457 e. The van der Waals surface area contributed by atoms with Crippen LogP contribution in [0.1, 0.15) is 16.9 Å². The van der Waals surface area contributed by atoms with Gasteiger partial charge in [-0.15, -0.1) is 0 Å². The minimum atomic E-state index is -0.355. The Labute approximate surface area is 166 Å². The van der Waals surface area contributed by atoms with Gasteiger partial charge in [0.15, 0.2) is 5.17 Å². The summed E-state index contributed by atoms with van der Waals surface area (Å²) < 4.78 is 19.6. The van der Waals surface area contributed by atoms with Crippen LogP contribution in [0.4, 0.5) is 10.1 Å². The van der Waals surface area contributed by atoms with Gasteiger partial charge in [-0.25, -0.2) is 9.38 Å². The number of aliphatic imine (C=N–C) groups is 1. The van der Waals surface area contributed by atoms with Crippen LogP contribution in [0.5, 0.6) is 0 Å². The van der Waals surface area contributed by atoms with Gasteiger partial charge in [0, 0.05) is 6.08 Å². The average molecular weight is 392 g/mol. The van der Waals surface area contributed by atoms with E-state index in [-0.39, 0.29) is 11.7 Å². The highest BCUT2D eigenvalue weighted by molar-refractivity contribution is 8.18. The van der Waals surface area contributed by atoms with Crippen molar-refractivity contribution in [2.75, 3.05) is 0 Å². The molecule has 1 saturated heterocycles. The van der Waals surface area contributed by atoms with Gasteiger partial charge >= 0.3 is 0 Å². The third kappa shape index (κ3) is 3.64. The van der Waals surface area contributed by atoms with Gasteiger partial charge in [-0.1, -0.05) is 30.3 Å². The molecule has 1 fully saturated rings. The minimum absolute atomic E-state index is 0.237. The van der Waals surface area contributed by atoms with Crippen molar-refractivity contribution >= 4 is 34.6 Å². The number of nitrogens with zero attached hydrogens (tertiary/aromatic N) is 1. The highest BCUT2D eigenvalue weighted by atomic mass is 32.2. The van der Waals surface area contributed by atoms with E-state index in [0.29, 0.717) is 27.2 Å². The standard InChI is InChI=1S/C22H17FN2O2S/c1-13-6-5-7-14(2)20(13)24-22-25-21(26)19(28-22)12-15-10-11-18(27-15)16-8-3-4-9-17(16)23/h3-12H,1-2H3,(H,24,25,26)/b19-12+. The Balaban J connectivity index is 1.59. The molecule has 0 bridgehead atoms. The molecule has 0 atom stereocenters. The van der Waals surface area contributed by atoms with E-state index in [9.17, 15) is 9.18 Å². The van der Waals surface area contributed by atoms with Gasteiger partial charge in [-0.2, -0.15) is 0 Å². The number of nitrogens with one attached hydrogen (secondary N) is 1. The Morgan fingerprint density at radius 3 is 2.54 bits per heavy atom. The summed E-state index contributed by atoms with van der Waals surface area (Å²) in [6, 6.07) is 15.7. The van der Waals surface area contributed by atoms with Crippen LogP contribution in [-0.2, 0) is 4.79 Å². The first-order valence-corrected chi connectivity index (χ1v) is 9.53. The number of amides is 1. The Morgan fingerprint density at radius 1 is 1.04 bits per heavy atom. The van der Waals surface area contributed by atoms with Gasteiger partial charge in [-0.05, 0) is 61.0 Å². The molecule has 0 aliphatic carbocycles. The molecule has 1 amide bonds. The van der Waals surface area contributed by atoms with Crippen LogP contribution in [0.25, 0.3) is 17.4 Å². The second-order valence-corrected chi connectivity index (χ2v) is 7.43. The fraction of sp³-hybridized carbons (Fsp3) is 0.0909. The van der Waals surface area contributed by atoms with E-state index in [1.807, 2.05) is 32.0 Å². The maximum atomic E-state index is 13.9. The fourth-order valence-electron chi connectivity index (χ4n) is 2.93. The number of para-hydroxylation sites is 1. The van der Waals surface area contributed by atoms with Gasteiger partial charge in [-0.3, -0.25) is 4.79 Å². The smallest absolute Gasteiger partial charge is 0.264 e. The third-order valence-electron chi connectivity index (χ3n) is 4.34. The molecule has 3 aromatic rings. The van der Waals surface area contributed by atoms with Gasteiger partial charge in [0.05, 0.1) is 16.2 Å². The average Bonchev–Trinajstić information content (AvgIpc) is 3.26. The van der Waals surface area contributed by atoms with Crippen LogP contribution < -0.4 is 5.32 Å². The van der Waals surface area contributed by atoms with Crippen molar-refractivity contribution < 1.29 is 13.6 Å². The van der Waals surface area contributed by atoms with Crippen molar-refractivity contribution in [2.45, 2.75) is 13.8 Å². The molecule has 4 rings (SSSR count). The lowest BCUT2D eigenvalue weighted by atomic mass is 10.1. The summed E-state index contributed by atoms with van der Waals surface area (Å²) in [5.74, 6) is 0.299. The summed E-state index contributed by atoms with van der Waals surface area (Å²) in [6.07, 6.45) is 1.64. The summed E-state index contributed by atoms with van der Waals surface area (Å²) in [4.78, 5) is 17.4. The first-order valence-electron chi connectivity index (χ1n) is 8.72. The number of aryl methyl sites for hydroxylation is 2. The van der Waals surface area contributed by atoms with Crippen molar-refractivity contribution in [1.82, 2.24) is 5.32 Å². The molecular weight excluding hydrogens is 375 g/mol. The molecule has 0 spiro atoms. The Hall–Kier alpha value is -3.12. The lowest BCUT2D eigenvalue weighted by Gasteiger charge is -2.04. The number of hydrogen-bond acceptors (Lipinski definition) is 4. The topological polar surface area (TPSA) is 54.6 Å². The number of benzene rings is 2. The molecular formula is C22H17FN2O2S. The SMILES string of the molecule is Cc1cccc(C)c1N=C1NC(=O)/C(=C\c2ccc(-c3ccccc3F)o2)S1. The molecule has 1 aromatic heterocycles. The van der Waals surface area contributed by atoms with E-state index in [1.54, 1.807) is 36.4 Å². The van der Waals surface area contributed by atoms with E-state index in [4.69, 9.17) is 4.42 Å². The highest BCUT2D eigenvalue weighted by Gasteiger charge is 2.25. The molecule has 1 aliphatic rings. The number of carbonyl (C=O) groups excluding carboxylic acids is 1. The Bertz CT molecular complexity index is 1110. The third-order valence-corrected chi connectivity index (χ3v) is 5.25. The molecule has 0 radical (unpaired) electrons. The van der Waals surface area contributed by atoms with Crippen LogP contribution in [0.2, 0.25) is 0 Å². The highest BCUT2D eigenvalue weighted by Crippen LogP contribution is 2.32. The first-order chi connectivity index (χ1) is 13.5. The lowest BCUT2D eigenvalue weighted by Crippen LogP contribution is -2.19. The van der Waals surface area contributed by atoms with Crippen molar-refractivity contribution in [3.8, 4) is 11.3 Å². The molecule has 4 nitrogen and oxygen atoms in total. The fourth-order valence-corrected chi connectivity index (χ4v) is 3.74. The van der Waals surface area contributed by atoms with Crippen molar-refractivity contribution in [2.24, 2.45) is 4.99 Å². The molecule has 0 saturated carbocycles. The van der Waals surface area contributed by atoms with E-state index < -0.39 is 0 Å². The second-order valence-electron chi connectivity index (χ2n) is 6.40. The zero-order chi connectivity index (χ0) is 19.7. The number of furan rings is 1. The number of rotatable bonds is 3. The van der Waals surface area contributed by atoms with Crippen molar-refractivity contribution in [1.29, 1.82) is 0 Å². The summed E-state index contributed by atoms with van der Waals surface area (Å²) in [6.45, 7) is 3.97. The molecule has 1 aliphatic heterocycles. The predicted octanol–water partition coefficient (Wildman–Crippen LogP) is 5.59. The first kappa shape index (κ1) is 18.3. The number of thioether (sulfide) groups is 1. The van der Waals surface area contributed by atoms with E-state index >= 15 is 0 Å². The lowest BCUT2D eigenvalue weighted by molar-refractivity contribution is -0.115. The largest absolute Gasteiger partial charge is 0.457 e. The Kier molecular flexibility index (Phi) is 4.88. The summed E-state index contributed by atoms with van der Waals surface area (Å²) in [7, 11) is 0.